The van der Waals surface area contributed by atoms with Gasteiger partial charge >= 0.3 is 12.1 Å². The van der Waals surface area contributed by atoms with E-state index >= 15 is 0 Å². The minimum atomic E-state index is -1.32. The third-order valence-corrected chi connectivity index (χ3v) is 14.3. The Morgan fingerprint density at radius 1 is 0.867 bits per heavy atom. The van der Waals surface area contributed by atoms with E-state index in [1.165, 1.54) is 24.0 Å². The number of hydrogen-bond acceptors (Lipinski definition) is 13. The first-order chi connectivity index (χ1) is 36.0. The first-order valence-corrected chi connectivity index (χ1v) is 25.5. The highest BCUT2D eigenvalue weighted by molar-refractivity contribution is 6.35. The average Bonchev–Trinajstić information content (AvgIpc) is 3.97. The molecule has 0 bridgehead atoms. The number of amides is 4. The largest absolute Gasteiger partial charge is 0.511 e. The Morgan fingerprint density at radius 2 is 1.61 bits per heavy atom. The minimum Gasteiger partial charge on any atom is -0.493 e. The molecule has 0 radical (unpaired) electrons. The number of rotatable bonds is 17. The van der Waals surface area contributed by atoms with Crippen molar-refractivity contribution in [3.05, 3.63) is 111 Å². The van der Waals surface area contributed by atoms with Gasteiger partial charge in [-0.1, -0.05) is 35.9 Å². The summed E-state index contributed by atoms with van der Waals surface area (Å²) in [6.07, 6.45) is -1.60. The summed E-state index contributed by atoms with van der Waals surface area (Å²) >= 11 is 7.20. The standard InChI is InChI=1S/C55H59ClFN7O11/c1-31(2)73-55(70)75-34(5)74-54(69)51-38(12-9-27-71-44-13-7-10-35-28-36(57)15-16-37(35)44)39-17-18-42(56)49(48-32(3)59-60(6)33(48)4)50(39)63(51)26-23-61-21-24-62(25-22-61)47(66)30-72-45-14-8-11-40-41(45)29-64(53(40)68)43-19-20-46(65)58-52(43)67/h7-8,10-11,13-18,28,31,34,43H,9,12,19-27,29-30H2,1-6H3,(H,58,65,67). The van der Waals surface area contributed by atoms with Crippen LogP contribution in [-0.4, -0.2) is 129 Å². The summed E-state index contributed by atoms with van der Waals surface area (Å²) in [5, 5.41) is 9.70. The Kier molecular flexibility index (Phi) is 15.5. The van der Waals surface area contributed by atoms with Crippen molar-refractivity contribution in [2.75, 3.05) is 45.9 Å². The van der Waals surface area contributed by atoms with Gasteiger partial charge in [-0.05, 0) is 100 Å². The summed E-state index contributed by atoms with van der Waals surface area (Å²) in [6, 6.07) is 17.9. The lowest BCUT2D eigenvalue weighted by atomic mass is 9.98. The van der Waals surface area contributed by atoms with Crippen molar-refractivity contribution in [1.29, 1.82) is 0 Å². The second-order valence-corrected chi connectivity index (χ2v) is 19.6. The van der Waals surface area contributed by atoms with Gasteiger partial charge in [-0.3, -0.25) is 34.1 Å². The molecule has 4 amide bonds. The van der Waals surface area contributed by atoms with Crippen LogP contribution >= 0.6 is 11.6 Å². The summed E-state index contributed by atoms with van der Waals surface area (Å²) in [4.78, 5) is 84.2. The second-order valence-electron chi connectivity index (χ2n) is 19.2. The summed E-state index contributed by atoms with van der Waals surface area (Å²) in [7, 11) is 1.86. The number of nitrogens with one attached hydrogen (secondary N) is 1. The van der Waals surface area contributed by atoms with E-state index in [0.29, 0.717) is 95.2 Å². The van der Waals surface area contributed by atoms with E-state index in [0.717, 1.165) is 27.7 Å². The second kappa shape index (κ2) is 22.1. The van der Waals surface area contributed by atoms with Gasteiger partial charge < -0.3 is 38.1 Å². The molecule has 3 aliphatic heterocycles. The van der Waals surface area contributed by atoms with Gasteiger partial charge in [-0.2, -0.15) is 5.10 Å². The van der Waals surface area contributed by atoms with Crippen LogP contribution in [0, 0.1) is 19.7 Å². The number of fused-ring (bicyclic) bond motifs is 3. The predicted molar refractivity (Wildman–Crippen MR) is 275 cm³/mol. The molecule has 18 nitrogen and oxygen atoms in total. The van der Waals surface area contributed by atoms with Crippen molar-refractivity contribution in [2.45, 2.75) is 91.8 Å². The molecule has 6 aromatic rings. The molecule has 394 valence electrons. The zero-order chi connectivity index (χ0) is 53.2. The van der Waals surface area contributed by atoms with E-state index in [2.05, 4.69) is 10.2 Å². The number of esters is 1. The summed E-state index contributed by atoms with van der Waals surface area (Å²) in [5.41, 5.74) is 5.66. The van der Waals surface area contributed by atoms with Gasteiger partial charge in [0.25, 0.3) is 11.8 Å². The van der Waals surface area contributed by atoms with Crippen LogP contribution in [0.15, 0.2) is 66.7 Å². The van der Waals surface area contributed by atoms with Gasteiger partial charge in [0.15, 0.2) is 6.61 Å². The molecule has 2 aromatic heterocycles. The molecule has 0 spiro atoms. The first-order valence-electron chi connectivity index (χ1n) is 25.1. The molecule has 2 atom stereocenters. The van der Waals surface area contributed by atoms with Crippen molar-refractivity contribution in [1.82, 2.24) is 34.4 Å². The van der Waals surface area contributed by atoms with Crippen LogP contribution in [-0.2, 0) is 55.2 Å². The lowest BCUT2D eigenvalue weighted by Crippen LogP contribution is -2.52. The van der Waals surface area contributed by atoms with Crippen LogP contribution in [0.5, 0.6) is 11.5 Å². The van der Waals surface area contributed by atoms with Gasteiger partial charge in [-0.15, -0.1) is 0 Å². The van der Waals surface area contributed by atoms with Crippen molar-refractivity contribution in [3.8, 4) is 22.6 Å². The third-order valence-electron chi connectivity index (χ3n) is 14.0. The fourth-order valence-corrected chi connectivity index (χ4v) is 10.6. The summed E-state index contributed by atoms with van der Waals surface area (Å²) in [5.74, 6) is -1.58. The Balaban J connectivity index is 0.955. The van der Waals surface area contributed by atoms with Crippen LogP contribution in [0.1, 0.15) is 83.4 Å². The van der Waals surface area contributed by atoms with E-state index in [1.807, 2.05) is 55.8 Å². The topological polar surface area (TPSA) is 193 Å². The molecule has 20 heteroatoms. The normalized spacial score (nSPS) is 16.4. The van der Waals surface area contributed by atoms with Crippen molar-refractivity contribution < 1.29 is 56.8 Å². The van der Waals surface area contributed by atoms with E-state index in [-0.39, 0.29) is 68.4 Å². The number of imide groups is 1. The molecule has 2 saturated heterocycles. The smallest absolute Gasteiger partial charge is 0.493 e. The molecule has 0 aliphatic carbocycles. The molecule has 2 unspecified atom stereocenters. The highest BCUT2D eigenvalue weighted by Crippen LogP contribution is 2.43. The Morgan fingerprint density at radius 3 is 2.35 bits per heavy atom. The van der Waals surface area contributed by atoms with Gasteiger partial charge in [0.05, 0.1) is 35.5 Å². The van der Waals surface area contributed by atoms with Crippen LogP contribution in [0.3, 0.4) is 0 Å². The molecular formula is C55H59ClFN7O11. The van der Waals surface area contributed by atoms with Crippen LogP contribution in [0.4, 0.5) is 9.18 Å². The van der Waals surface area contributed by atoms with Gasteiger partial charge in [0, 0.05) is 98.4 Å². The number of benzene rings is 4. The molecular weight excluding hydrogens is 989 g/mol. The number of carbonyl (C=O) groups excluding carboxylic acids is 6. The van der Waals surface area contributed by atoms with Crippen molar-refractivity contribution in [3.63, 3.8) is 0 Å². The number of nitrogens with zero attached hydrogens (tertiary/aromatic N) is 6. The third kappa shape index (κ3) is 11.0. The van der Waals surface area contributed by atoms with E-state index < -0.39 is 36.5 Å². The van der Waals surface area contributed by atoms with Crippen molar-refractivity contribution in [2.24, 2.45) is 7.05 Å². The van der Waals surface area contributed by atoms with E-state index in [9.17, 15) is 33.2 Å². The zero-order valence-electron chi connectivity index (χ0n) is 42.7. The predicted octanol–water partition coefficient (Wildman–Crippen LogP) is 7.66. The van der Waals surface area contributed by atoms with Crippen LogP contribution < -0.4 is 14.8 Å². The van der Waals surface area contributed by atoms with E-state index in [4.69, 9.17) is 40.4 Å². The number of ether oxygens (including phenoxy) is 5. The summed E-state index contributed by atoms with van der Waals surface area (Å²) < 4.78 is 46.6. The average molecular weight is 1050 g/mol. The monoisotopic (exact) mass is 1050 g/mol. The molecule has 0 saturated carbocycles. The molecule has 75 heavy (non-hydrogen) atoms. The molecule has 2 fully saturated rings. The zero-order valence-corrected chi connectivity index (χ0v) is 43.5. The first kappa shape index (κ1) is 52.4. The fraction of sp³-hybridized carbons (Fsp3) is 0.400. The number of piperidine rings is 1. The van der Waals surface area contributed by atoms with E-state index in [1.54, 1.807) is 47.7 Å². The number of aromatic nitrogens is 3. The molecule has 1 N–H and O–H groups in total. The Labute approximate surface area is 437 Å². The Bertz CT molecular complexity index is 3240. The molecule has 3 aliphatic rings. The highest BCUT2D eigenvalue weighted by Gasteiger charge is 2.40. The Hall–Kier alpha value is -7.51. The maximum absolute atomic E-state index is 14.8. The molecule has 5 heterocycles. The number of carbonyl (C=O) groups is 6. The van der Waals surface area contributed by atoms with Crippen LogP contribution in [0.25, 0.3) is 32.8 Å². The number of piperazine rings is 1. The van der Waals surface area contributed by atoms with Gasteiger partial charge in [0.1, 0.15) is 29.1 Å². The number of halogens is 2. The van der Waals surface area contributed by atoms with Crippen LogP contribution in [0.2, 0.25) is 5.02 Å². The molecule has 4 aromatic carbocycles. The highest BCUT2D eigenvalue weighted by atomic mass is 35.5. The van der Waals surface area contributed by atoms with Crippen molar-refractivity contribution >= 4 is 69.0 Å². The fourth-order valence-electron chi connectivity index (χ4n) is 10.3. The maximum atomic E-state index is 14.8. The molecule has 9 rings (SSSR count). The lowest BCUT2D eigenvalue weighted by Gasteiger charge is -2.35. The minimum absolute atomic E-state index is 0.111. The maximum Gasteiger partial charge on any atom is 0.511 e. The quantitative estimate of drug-likeness (QED) is 0.0406. The summed E-state index contributed by atoms with van der Waals surface area (Å²) in [6.45, 7) is 11.3. The SMILES string of the molecule is Cc1nn(C)c(C)c1-c1c(Cl)ccc2c(CCCOc3cccc4cc(F)ccc34)c(C(=O)OC(C)OC(=O)OC(C)C)n(CCN3CCN(C(=O)COc4cccc5c4CN(C4CCC(=O)NC4=O)C5=O)CC3)c12. The number of aryl methyl sites for hydroxylation is 3. The van der Waals surface area contributed by atoms with Gasteiger partial charge in [0.2, 0.25) is 18.1 Å². The van der Waals surface area contributed by atoms with Gasteiger partial charge in [-0.25, -0.2) is 14.0 Å². The number of hydrogen-bond donors (Lipinski definition) is 1. The lowest BCUT2D eigenvalue weighted by molar-refractivity contribution is -0.137.